The van der Waals surface area contributed by atoms with Gasteiger partial charge >= 0.3 is 0 Å². The molecule has 2 N–H and O–H groups in total. The Balaban J connectivity index is 1.80. The van der Waals surface area contributed by atoms with Crippen LogP contribution in [0.1, 0.15) is 24.8 Å². The summed E-state index contributed by atoms with van der Waals surface area (Å²) in [6.07, 6.45) is 3.14. The molecule has 0 spiro atoms. The molecule has 0 radical (unpaired) electrons. The standard InChI is InChI=1S/C14H19NO2S/c1-16-12-4-2-3-11(7-12)9-17-10-14(5-6-14)8-13(15)18/h2-4,7H,5-6,8-10H2,1H3,(H2,15,18). The Kier molecular flexibility index (Phi) is 4.19. The van der Waals surface area contributed by atoms with Gasteiger partial charge in [0.1, 0.15) is 5.75 Å². The SMILES string of the molecule is COc1cccc(COCC2(CC(N)=S)CC2)c1. The lowest BCUT2D eigenvalue weighted by Gasteiger charge is -2.14. The summed E-state index contributed by atoms with van der Waals surface area (Å²) in [4.78, 5) is 0.595. The minimum atomic E-state index is 0.227. The molecule has 2 rings (SSSR count). The zero-order valence-corrected chi connectivity index (χ0v) is 11.5. The van der Waals surface area contributed by atoms with Crippen LogP contribution in [0.2, 0.25) is 0 Å². The fraction of sp³-hybridized carbons (Fsp3) is 0.500. The van der Waals surface area contributed by atoms with Crippen LogP contribution in [0.5, 0.6) is 5.75 Å². The van der Waals surface area contributed by atoms with Gasteiger partial charge in [-0.2, -0.15) is 0 Å². The molecular formula is C14H19NO2S. The lowest BCUT2D eigenvalue weighted by molar-refractivity contribution is 0.0803. The van der Waals surface area contributed by atoms with E-state index in [1.165, 1.54) is 12.8 Å². The molecule has 0 heterocycles. The molecule has 1 aliphatic carbocycles. The van der Waals surface area contributed by atoms with Crippen LogP contribution < -0.4 is 10.5 Å². The average Bonchev–Trinajstić information content (AvgIpc) is 3.08. The number of ether oxygens (including phenoxy) is 2. The van der Waals surface area contributed by atoms with Crippen molar-refractivity contribution in [2.75, 3.05) is 13.7 Å². The second-order valence-electron chi connectivity index (χ2n) is 4.99. The summed E-state index contributed by atoms with van der Waals surface area (Å²) in [6, 6.07) is 7.93. The van der Waals surface area contributed by atoms with Crippen LogP contribution in [0.4, 0.5) is 0 Å². The van der Waals surface area contributed by atoms with Gasteiger partial charge in [-0.15, -0.1) is 0 Å². The Bertz CT molecular complexity index is 430. The van der Waals surface area contributed by atoms with E-state index >= 15 is 0 Å². The Labute approximate surface area is 113 Å². The van der Waals surface area contributed by atoms with Crippen molar-refractivity contribution in [3.63, 3.8) is 0 Å². The number of nitrogens with two attached hydrogens (primary N) is 1. The maximum atomic E-state index is 5.78. The summed E-state index contributed by atoms with van der Waals surface area (Å²) < 4.78 is 11.0. The molecule has 3 nitrogen and oxygen atoms in total. The van der Waals surface area contributed by atoms with E-state index in [-0.39, 0.29) is 5.41 Å². The van der Waals surface area contributed by atoms with Crippen LogP contribution in [0.25, 0.3) is 0 Å². The number of benzene rings is 1. The Morgan fingerprint density at radius 2 is 2.22 bits per heavy atom. The molecular weight excluding hydrogens is 246 g/mol. The van der Waals surface area contributed by atoms with Crippen LogP contribution in [-0.4, -0.2) is 18.7 Å². The van der Waals surface area contributed by atoms with Gasteiger partial charge in [0.2, 0.25) is 0 Å². The first-order valence-corrected chi connectivity index (χ1v) is 6.53. The average molecular weight is 265 g/mol. The van der Waals surface area contributed by atoms with Gasteiger partial charge in [-0.25, -0.2) is 0 Å². The van der Waals surface area contributed by atoms with E-state index in [1.807, 2.05) is 24.3 Å². The number of hydrogen-bond acceptors (Lipinski definition) is 3. The highest BCUT2D eigenvalue weighted by Gasteiger charge is 2.43. The third kappa shape index (κ3) is 3.68. The summed E-state index contributed by atoms with van der Waals surface area (Å²) in [5.74, 6) is 0.861. The minimum absolute atomic E-state index is 0.227. The molecule has 0 saturated heterocycles. The van der Waals surface area contributed by atoms with E-state index in [1.54, 1.807) is 7.11 Å². The monoisotopic (exact) mass is 265 g/mol. The molecule has 1 aromatic carbocycles. The Hall–Kier alpha value is -1.13. The lowest BCUT2D eigenvalue weighted by atomic mass is 10.0. The van der Waals surface area contributed by atoms with Crippen LogP contribution in [-0.2, 0) is 11.3 Å². The van der Waals surface area contributed by atoms with Crippen molar-refractivity contribution < 1.29 is 9.47 Å². The third-order valence-corrected chi connectivity index (χ3v) is 3.46. The van der Waals surface area contributed by atoms with Crippen molar-refractivity contribution in [2.45, 2.75) is 25.9 Å². The van der Waals surface area contributed by atoms with Crippen molar-refractivity contribution in [3.8, 4) is 5.75 Å². The number of rotatable bonds is 7. The second kappa shape index (κ2) is 5.67. The van der Waals surface area contributed by atoms with Crippen LogP contribution in [0, 0.1) is 5.41 Å². The zero-order chi connectivity index (χ0) is 13.0. The van der Waals surface area contributed by atoms with Crippen molar-refractivity contribution in [3.05, 3.63) is 29.8 Å². The van der Waals surface area contributed by atoms with E-state index in [9.17, 15) is 0 Å². The van der Waals surface area contributed by atoms with Crippen LogP contribution in [0.15, 0.2) is 24.3 Å². The third-order valence-electron chi connectivity index (χ3n) is 3.32. The number of hydrogen-bond donors (Lipinski definition) is 1. The molecule has 0 bridgehead atoms. The molecule has 0 aliphatic heterocycles. The molecule has 0 amide bonds. The first-order chi connectivity index (χ1) is 8.63. The van der Waals surface area contributed by atoms with Crippen molar-refractivity contribution in [1.29, 1.82) is 0 Å². The van der Waals surface area contributed by atoms with Crippen molar-refractivity contribution in [2.24, 2.45) is 11.1 Å². The Morgan fingerprint density at radius 3 is 2.83 bits per heavy atom. The number of methoxy groups -OCH3 is 1. The van der Waals surface area contributed by atoms with Gasteiger partial charge in [0.15, 0.2) is 0 Å². The fourth-order valence-electron chi connectivity index (χ4n) is 2.07. The molecule has 0 unspecified atom stereocenters. The van der Waals surface area contributed by atoms with E-state index in [4.69, 9.17) is 27.4 Å². The summed E-state index contributed by atoms with van der Waals surface area (Å²) in [5.41, 5.74) is 6.95. The van der Waals surface area contributed by atoms with Crippen molar-refractivity contribution >= 4 is 17.2 Å². The molecule has 1 aromatic rings. The molecule has 18 heavy (non-hydrogen) atoms. The predicted octanol–water partition coefficient (Wildman–Crippen LogP) is 2.67. The molecule has 1 fully saturated rings. The fourth-order valence-corrected chi connectivity index (χ4v) is 2.37. The van der Waals surface area contributed by atoms with Gasteiger partial charge in [0.05, 0.1) is 25.3 Å². The van der Waals surface area contributed by atoms with Gasteiger partial charge in [0.25, 0.3) is 0 Å². The molecule has 98 valence electrons. The normalized spacial score (nSPS) is 16.3. The lowest BCUT2D eigenvalue weighted by Crippen LogP contribution is -2.19. The topological polar surface area (TPSA) is 44.5 Å². The molecule has 1 saturated carbocycles. The first kappa shape index (κ1) is 13.3. The van der Waals surface area contributed by atoms with E-state index in [0.29, 0.717) is 11.6 Å². The van der Waals surface area contributed by atoms with Gasteiger partial charge in [-0.05, 0) is 30.5 Å². The highest BCUT2D eigenvalue weighted by molar-refractivity contribution is 7.80. The smallest absolute Gasteiger partial charge is 0.119 e. The van der Waals surface area contributed by atoms with Gasteiger partial charge in [-0.1, -0.05) is 24.4 Å². The maximum Gasteiger partial charge on any atom is 0.119 e. The quantitative estimate of drug-likeness (QED) is 0.770. The van der Waals surface area contributed by atoms with E-state index < -0.39 is 0 Å². The Morgan fingerprint density at radius 1 is 1.44 bits per heavy atom. The number of thiocarbonyl (C=S) groups is 1. The maximum absolute atomic E-state index is 5.78. The highest BCUT2D eigenvalue weighted by Crippen LogP contribution is 2.49. The van der Waals surface area contributed by atoms with Crippen molar-refractivity contribution in [1.82, 2.24) is 0 Å². The largest absolute Gasteiger partial charge is 0.497 e. The first-order valence-electron chi connectivity index (χ1n) is 6.13. The minimum Gasteiger partial charge on any atom is -0.497 e. The van der Waals surface area contributed by atoms with E-state index in [2.05, 4.69) is 0 Å². The summed E-state index contributed by atoms with van der Waals surface area (Å²) in [7, 11) is 1.67. The van der Waals surface area contributed by atoms with Gasteiger partial charge < -0.3 is 15.2 Å². The summed E-state index contributed by atoms with van der Waals surface area (Å²) >= 11 is 4.97. The van der Waals surface area contributed by atoms with Gasteiger partial charge in [-0.3, -0.25) is 0 Å². The van der Waals surface area contributed by atoms with Gasteiger partial charge in [0, 0.05) is 11.8 Å². The molecule has 4 heteroatoms. The summed E-state index contributed by atoms with van der Waals surface area (Å²) in [6.45, 7) is 1.35. The second-order valence-corrected chi connectivity index (χ2v) is 5.51. The molecule has 0 aromatic heterocycles. The summed E-state index contributed by atoms with van der Waals surface area (Å²) in [5, 5.41) is 0. The van der Waals surface area contributed by atoms with Crippen LogP contribution >= 0.6 is 12.2 Å². The predicted molar refractivity (Wildman–Crippen MR) is 75.7 cm³/mol. The molecule has 1 aliphatic rings. The van der Waals surface area contributed by atoms with E-state index in [0.717, 1.165) is 24.3 Å². The highest BCUT2D eigenvalue weighted by atomic mass is 32.1. The zero-order valence-electron chi connectivity index (χ0n) is 10.6. The van der Waals surface area contributed by atoms with Crippen LogP contribution in [0.3, 0.4) is 0 Å². The molecule has 0 atom stereocenters.